The van der Waals surface area contributed by atoms with Gasteiger partial charge in [0.2, 0.25) is 5.91 Å². The number of benzene rings is 1. The molecule has 4 heteroatoms. The number of ether oxygens (including phenoxy) is 1. The zero-order chi connectivity index (χ0) is 14.5. The third-order valence-electron chi connectivity index (χ3n) is 3.92. The maximum absolute atomic E-state index is 12.6. The minimum Gasteiger partial charge on any atom is -0.379 e. The van der Waals surface area contributed by atoms with Crippen molar-refractivity contribution in [3.63, 3.8) is 0 Å². The van der Waals surface area contributed by atoms with Crippen LogP contribution in [0.2, 0.25) is 0 Å². The molecule has 1 aliphatic heterocycles. The minimum atomic E-state index is -0.0650. The molecule has 1 aromatic carbocycles. The fraction of sp³-hybridized carbons (Fsp3) is 0.562. The molecule has 0 radical (unpaired) electrons. The van der Waals surface area contributed by atoms with Gasteiger partial charge in [0.15, 0.2) is 0 Å². The van der Waals surface area contributed by atoms with Gasteiger partial charge in [0.25, 0.3) is 0 Å². The molecule has 2 atom stereocenters. The molecule has 20 heavy (non-hydrogen) atoms. The van der Waals surface area contributed by atoms with E-state index in [0.29, 0.717) is 19.8 Å². The summed E-state index contributed by atoms with van der Waals surface area (Å²) in [7, 11) is 1.89. The number of rotatable bonds is 5. The zero-order valence-electron chi connectivity index (χ0n) is 12.6. The summed E-state index contributed by atoms with van der Waals surface area (Å²) < 4.78 is 5.44. The number of carbonyl (C=O) groups excluding carboxylic acids is 1. The molecule has 0 aromatic heterocycles. The van der Waals surface area contributed by atoms with Crippen LogP contribution < -0.4 is 5.32 Å². The van der Waals surface area contributed by atoms with Crippen LogP contribution in [0.5, 0.6) is 0 Å². The first-order chi connectivity index (χ1) is 9.65. The first-order valence-electron chi connectivity index (χ1n) is 7.25. The Morgan fingerprint density at radius 2 is 2.25 bits per heavy atom. The van der Waals surface area contributed by atoms with E-state index in [9.17, 15) is 4.79 Å². The van der Waals surface area contributed by atoms with E-state index in [1.165, 1.54) is 11.1 Å². The highest BCUT2D eigenvalue weighted by Gasteiger charge is 2.35. The highest BCUT2D eigenvalue weighted by molar-refractivity contribution is 5.80. The number of hydrogen-bond donors (Lipinski definition) is 1. The van der Waals surface area contributed by atoms with Crippen LogP contribution in [0.3, 0.4) is 0 Å². The van der Waals surface area contributed by atoms with Crippen LogP contribution in [0.25, 0.3) is 0 Å². The molecule has 2 rings (SSSR count). The Bertz CT molecular complexity index is 462. The largest absolute Gasteiger partial charge is 0.379 e. The van der Waals surface area contributed by atoms with Crippen molar-refractivity contribution in [2.75, 3.05) is 26.8 Å². The molecular formula is C16H24N2O2. The molecule has 2 unspecified atom stereocenters. The molecule has 1 fully saturated rings. The van der Waals surface area contributed by atoms with Gasteiger partial charge in [-0.05, 0) is 26.5 Å². The summed E-state index contributed by atoms with van der Waals surface area (Å²) in [5.74, 6) is 0.121. The fourth-order valence-electron chi connectivity index (χ4n) is 2.69. The molecule has 1 heterocycles. The molecule has 0 aliphatic carbocycles. The Hall–Kier alpha value is -1.39. The highest BCUT2D eigenvalue weighted by atomic mass is 16.5. The molecule has 4 nitrogen and oxygen atoms in total. The van der Waals surface area contributed by atoms with Crippen LogP contribution in [-0.4, -0.2) is 43.7 Å². The molecule has 1 saturated heterocycles. The molecule has 0 bridgehead atoms. The summed E-state index contributed by atoms with van der Waals surface area (Å²) in [5, 5.41) is 3.17. The van der Waals surface area contributed by atoms with Gasteiger partial charge in [-0.2, -0.15) is 0 Å². The predicted molar refractivity (Wildman–Crippen MR) is 79.4 cm³/mol. The molecule has 1 aliphatic rings. The second kappa shape index (κ2) is 6.86. The van der Waals surface area contributed by atoms with Gasteiger partial charge in [-0.25, -0.2) is 0 Å². The second-order valence-electron chi connectivity index (χ2n) is 5.38. The maximum atomic E-state index is 12.6. The van der Waals surface area contributed by atoms with Gasteiger partial charge in [0.1, 0.15) is 0 Å². The number of nitrogens with one attached hydrogen (secondary N) is 1. The molecule has 110 valence electrons. The van der Waals surface area contributed by atoms with Crippen molar-refractivity contribution in [3.8, 4) is 0 Å². The number of aryl methyl sites for hydroxylation is 1. The first-order valence-corrected chi connectivity index (χ1v) is 7.25. The Labute approximate surface area is 121 Å². The zero-order valence-corrected chi connectivity index (χ0v) is 12.6. The van der Waals surface area contributed by atoms with Gasteiger partial charge in [0, 0.05) is 19.1 Å². The van der Waals surface area contributed by atoms with Crippen molar-refractivity contribution < 1.29 is 9.53 Å². The summed E-state index contributed by atoms with van der Waals surface area (Å²) in [6.45, 7) is 6.63. The third-order valence-corrected chi connectivity index (χ3v) is 3.92. The van der Waals surface area contributed by atoms with Gasteiger partial charge in [-0.15, -0.1) is 0 Å². The van der Waals surface area contributed by atoms with Crippen molar-refractivity contribution in [1.29, 1.82) is 0 Å². The monoisotopic (exact) mass is 276 g/mol. The van der Waals surface area contributed by atoms with E-state index in [1.807, 2.05) is 24.9 Å². The first kappa shape index (κ1) is 15.0. The number of carbonyl (C=O) groups is 1. The average molecular weight is 276 g/mol. The van der Waals surface area contributed by atoms with E-state index in [-0.39, 0.29) is 17.9 Å². The van der Waals surface area contributed by atoms with Crippen LogP contribution in [0.15, 0.2) is 24.3 Å². The van der Waals surface area contributed by atoms with E-state index in [0.717, 1.165) is 6.54 Å². The average Bonchev–Trinajstić information content (AvgIpc) is 2.92. The molecule has 0 saturated carbocycles. The fourth-order valence-corrected chi connectivity index (χ4v) is 2.69. The van der Waals surface area contributed by atoms with Gasteiger partial charge < -0.3 is 15.0 Å². The van der Waals surface area contributed by atoms with Crippen LogP contribution >= 0.6 is 0 Å². The predicted octanol–water partition coefficient (Wildman–Crippen LogP) is 1.58. The SMILES string of the molecule is CCN(Cc1cccc(C)c1)C(=O)C1COCC1NC. The lowest BCUT2D eigenvalue weighted by molar-refractivity contribution is -0.136. The van der Waals surface area contributed by atoms with Gasteiger partial charge >= 0.3 is 0 Å². The van der Waals surface area contributed by atoms with Gasteiger partial charge in [-0.1, -0.05) is 29.8 Å². The smallest absolute Gasteiger partial charge is 0.229 e. The van der Waals surface area contributed by atoms with Crippen LogP contribution in [0.1, 0.15) is 18.1 Å². The van der Waals surface area contributed by atoms with Crippen LogP contribution in [0, 0.1) is 12.8 Å². The van der Waals surface area contributed by atoms with E-state index in [2.05, 4.69) is 30.4 Å². The van der Waals surface area contributed by atoms with E-state index in [1.54, 1.807) is 0 Å². The van der Waals surface area contributed by atoms with E-state index < -0.39 is 0 Å². The number of nitrogens with zero attached hydrogens (tertiary/aromatic N) is 1. The summed E-state index contributed by atoms with van der Waals surface area (Å²) in [4.78, 5) is 14.6. The number of likely N-dealkylation sites (N-methyl/N-ethyl adjacent to an activating group) is 1. The summed E-state index contributed by atoms with van der Waals surface area (Å²) >= 11 is 0. The van der Waals surface area contributed by atoms with Crippen molar-refractivity contribution >= 4 is 5.91 Å². The summed E-state index contributed by atoms with van der Waals surface area (Å²) in [6.07, 6.45) is 0. The Morgan fingerprint density at radius 1 is 1.45 bits per heavy atom. The standard InChI is InChI=1S/C16H24N2O2/c1-4-18(9-13-7-5-6-12(2)8-13)16(19)14-10-20-11-15(14)17-3/h5-8,14-15,17H,4,9-11H2,1-3H3. The number of hydrogen-bond acceptors (Lipinski definition) is 3. The lowest BCUT2D eigenvalue weighted by Crippen LogP contribution is -2.44. The quantitative estimate of drug-likeness (QED) is 0.888. The molecule has 1 N–H and O–H groups in total. The minimum absolute atomic E-state index is 0.0650. The van der Waals surface area contributed by atoms with Gasteiger partial charge in [-0.3, -0.25) is 4.79 Å². The normalized spacial score (nSPS) is 21.9. The van der Waals surface area contributed by atoms with Crippen LogP contribution in [0.4, 0.5) is 0 Å². The van der Waals surface area contributed by atoms with Gasteiger partial charge in [0.05, 0.1) is 19.1 Å². The molecule has 1 aromatic rings. The highest BCUT2D eigenvalue weighted by Crippen LogP contribution is 2.18. The summed E-state index contributed by atoms with van der Waals surface area (Å²) in [5.41, 5.74) is 2.41. The molecule has 0 spiro atoms. The molecule has 1 amide bonds. The van der Waals surface area contributed by atoms with Crippen molar-refractivity contribution in [2.24, 2.45) is 5.92 Å². The Balaban J connectivity index is 2.06. The molecular weight excluding hydrogens is 252 g/mol. The maximum Gasteiger partial charge on any atom is 0.229 e. The van der Waals surface area contributed by atoms with E-state index in [4.69, 9.17) is 4.74 Å². The van der Waals surface area contributed by atoms with Crippen LogP contribution in [-0.2, 0) is 16.1 Å². The topological polar surface area (TPSA) is 41.6 Å². The number of amides is 1. The Kier molecular flexibility index (Phi) is 5.15. The van der Waals surface area contributed by atoms with Crippen molar-refractivity contribution in [3.05, 3.63) is 35.4 Å². The third kappa shape index (κ3) is 3.38. The van der Waals surface area contributed by atoms with E-state index >= 15 is 0 Å². The Morgan fingerprint density at radius 3 is 2.90 bits per heavy atom. The lowest BCUT2D eigenvalue weighted by atomic mass is 10.0. The lowest BCUT2D eigenvalue weighted by Gasteiger charge is -2.26. The van der Waals surface area contributed by atoms with Crippen molar-refractivity contribution in [2.45, 2.75) is 26.4 Å². The second-order valence-corrected chi connectivity index (χ2v) is 5.38. The summed E-state index contributed by atoms with van der Waals surface area (Å²) in [6, 6.07) is 8.45. The van der Waals surface area contributed by atoms with Crippen molar-refractivity contribution in [1.82, 2.24) is 10.2 Å².